The number of amides is 2. The molecule has 1 saturated heterocycles. The third-order valence-corrected chi connectivity index (χ3v) is 4.08. The lowest BCUT2D eigenvalue weighted by molar-refractivity contribution is -0.155. The van der Waals surface area contributed by atoms with Gasteiger partial charge in [-0.15, -0.1) is 0 Å². The van der Waals surface area contributed by atoms with E-state index in [4.69, 9.17) is 4.74 Å². The Morgan fingerprint density at radius 3 is 2.45 bits per heavy atom. The molecule has 2 amide bonds. The number of hydrogen-bond donors (Lipinski definition) is 1. The highest BCUT2D eigenvalue weighted by Crippen LogP contribution is 2.24. The first-order valence-electron chi connectivity index (χ1n) is 7.59. The molecule has 1 aliphatic rings. The molecule has 0 aliphatic carbocycles. The van der Waals surface area contributed by atoms with E-state index in [-0.39, 0.29) is 35.9 Å². The summed E-state index contributed by atoms with van der Waals surface area (Å²) in [5.41, 5.74) is 0. The maximum absolute atomic E-state index is 12.7. The van der Waals surface area contributed by atoms with E-state index in [1.807, 2.05) is 27.7 Å². The van der Waals surface area contributed by atoms with Gasteiger partial charge >= 0.3 is 0 Å². The second kappa shape index (κ2) is 7.62. The van der Waals surface area contributed by atoms with E-state index in [2.05, 4.69) is 5.32 Å². The number of ether oxygens (including phenoxy) is 1. The second-order valence-electron chi connectivity index (χ2n) is 5.73. The molecule has 0 spiro atoms. The maximum Gasteiger partial charge on any atom is 0.246 e. The predicted molar refractivity (Wildman–Crippen MR) is 78.3 cm³/mol. The molecule has 0 aromatic rings. The molecule has 1 heterocycles. The molecule has 1 aliphatic heterocycles. The van der Waals surface area contributed by atoms with Gasteiger partial charge in [0, 0.05) is 7.11 Å². The van der Waals surface area contributed by atoms with Gasteiger partial charge in [0.15, 0.2) is 0 Å². The van der Waals surface area contributed by atoms with Gasteiger partial charge in [0.2, 0.25) is 11.8 Å². The van der Waals surface area contributed by atoms with E-state index in [9.17, 15) is 9.59 Å². The molecule has 0 bridgehead atoms. The lowest BCUT2D eigenvalue weighted by Crippen LogP contribution is -2.67. The highest BCUT2D eigenvalue weighted by atomic mass is 16.5. The Bertz CT molecular complexity index is 346. The zero-order valence-corrected chi connectivity index (χ0v) is 13.3. The van der Waals surface area contributed by atoms with Gasteiger partial charge in [-0.1, -0.05) is 33.6 Å². The van der Waals surface area contributed by atoms with Crippen LogP contribution >= 0.6 is 0 Å². The molecule has 1 fully saturated rings. The highest BCUT2D eigenvalue weighted by molar-refractivity contribution is 5.97. The molecule has 5 heteroatoms. The van der Waals surface area contributed by atoms with Crippen LogP contribution < -0.4 is 5.32 Å². The summed E-state index contributed by atoms with van der Waals surface area (Å²) in [5.74, 6) is 0.141. The van der Waals surface area contributed by atoms with Crippen molar-refractivity contribution in [2.45, 2.75) is 65.1 Å². The number of carbonyl (C=O) groups excluding carboxylic acids is 2. The molecule has 20 heavy (non-hydrogen) atoms. The minimum atomic E-state index is -0.384. The number of methoxy groups -OCH3 is 1. The second-order valence-corrected chi connectivity index (χ2v) is 5.73. The van der Waals surface area contributed by atoms with Crippen molar-refractivity contribution in [2.75, 3.05) is 13.7 Å². The number of hydrogen-bond acceptors (Lipinski definition) is 3. The fraction of sp³-hybridized carbons (Fsp3) is 0.867. The van der Waals surface area contributed by atoms with Gasteiger partial charge in [-0.05, 0) is 19.3 Å². The van der Waals surface area contributed by atoms with E-state index in [1.54, 1.807) is 12.0 Å². The molecule has 5 nitrogen and oxygen atoms in total. The van der Waals surface area contributed by atoms with Gasteiger partial charge in [0.1, 0.15) is 12.1 Å². The maximum atomic E-state index is 12.7. The number of nitrogens with one attached hydrogen (secondary N) is 1. The lowest BCUT2D eigenvalue weighted by Gasteiger charge is -2.44. The summed E-state index contributed by atoms with van der Waals surface area (Å²) in [6.45, 7) is 8.47. The molecule has 1 N–H and O–H groups in total. The number of carbonyl (C=O) groups is 2. The quantitative estimate of drug-likeness (QED) is 0.772. The standard InChI is InChI=1S/C15H28N2O3/c1-6-8-12-15(19)17(11(4)9-20-5)13(10(3)7-2)14(18)16-12/h10-13H,6-9H2,1-5H3,(H,16,18). The normalized spacial score (nSPS) is 26.4. The van der Waals surface area contributed by atoms with E-state index in [1.165, 1.54) is 0 Å². The van der Waals surface area contributed by atoms with Crippen LogP contribution in [0.2, 0.25) is 0 Å². The minimum Gasteiger partial charge on any atom is -0.383 e. The molecule has 0 aromatic carbocycles. The van der Waals surface area contributed by atoms with Gasteiger partial charge in [-0.3, -0.25) is 9.59 Å². The Kier molecular flexibility index (Phi) is 6.46. The Morgan fingerprint density at radius 1 is 1.30 bits per heavy atom. The third-order valence-electron chi connectivity index (χ3n) is 4.08. The molecular formula is C15H28N2O3. The van der Waals surface area contributed by atoms with Crippen LogP contribution in [-0.4, -0.2) is 48.6 Å². The van der Waals surface area contributed by atoms with Crippen LogP contribution in [0.3, 0.4) is 0 Å². The zero-order valence-electron chi connectivity index (χ0n) is 13.3. The molecule has 0 saturated carbocycles. The monoisotopic (exact) mass is 284 g/mol. The topological polar surface area (TPSA) is 58.6 Å². The van der Waals surface area contributed by atoms with Crippen molar-refractivity contribution in [3.05, 3.63) is 0 Å². The van der Waals surface area contributed by atoms with Crippen LogP contribution in [0.4, 0.5) is 0 Å². The van der Waals surface area contributed by atoms with Crippen LogP contribution in [0, 0.1) is 5.92 Å². The van der Waals surface area contributed by atoms with Gasteiger partial charge in [0.05, 0.1) is 12.6 Å². The summed E-state index contributed by atoms with van der Waals surface area (Å²) in [6, 6.07) is -0.852. The highest BCUT2D eigenvalue weighted by Gasteiger charge is 2.44. The number of piperazine rings is 1. The first-order valence-corrected chi connectivity index (χ1v) is 7.59. The van der Waals surface area contributed by atoms with E-state index < -0.39 is 0 Å². The summed E-state index contributed by atoms with van der Waals surface area (Å²) in [7, 11) is 1.62. The lowest BCUT2D eigenvalue weighted by atomic mass is 9.91. The smallest absolute Gasteiger partial charge is 0.246 e. The van der Waals surface area contributed by atoms with Gasteiger partial charge in [-0.2, -0.15) is 0 Å². The van der Waals surface area contributed by atoms with Crippen LogP contribution in [0.1, 0.15) is 47.0 Å². The summed E-state index contributed by atoms with van der Waals surface area (Å²) < 4.78 is 5.17. The predicted octanol–water partition coefficient (Wildman–Crippen LogP) is 1.56. The van der Waals surface area contributed by atoms with Crippen LogP contribution in [0.15, 0.2) is 0 Å². The van der Waals surface area contributed by atoms with Crippen LogP contribution in [-0.2, 0) is 14.3 Å². The minimum absolute atomic E-state index is 0.0275. The Hall–Kier alpha value is -1.10. The van der Waals surface area contributed by atoms with Crippen molar-refractivity contribution >= 4 is 11.8 Å². The van der Waals surface area contributed by atoms with E-state index >= 15 is 0 Å². The molecule has 0 radical (unpaired) electrons. The van der Waals surface area contributed by atoms with Crippen LogP contribution in [0.5, 0.6) is 0 Å². The summed E-state index contributed by atoms with van der Waals surface area (Å²) in [6.07, 6.45) is 2.42. The number of rotatable bonds is 7. The van der Waals surface area contributed by atoms with Crippen LogP contribution in [0.25, 0.3) is 0 Å². The average Bonchev–Trinajstić information content (AvgIpc) is 2.41. The first kappa shape index (κ1) is 17.0. The molecule has 116 valence electrons. The average molecular weight is 284 g/mol. The third kappa shape index (κ3) is 3.51. The fourth-order valence-electron chi connectivity index (χ4n) is 2.82. The van der Waals surface area contributed by atoms with Gasteiger partial charge in [-0.25, -0.2) is 0 Å². The summed E-state index contributed by atoms with van der Waals surface area (Å²) in [5, 5.41) is 2.89. The first-order chi connectivity index (χ1) is 9.47. The van der Waals surface area contributed by atoms with E-state index in [0.717, 1.165) is 12.8 Å². The molecule has 4 atom stereocenters. The van der Waals surface area contributed by atoms with Gasteiger partial charge < -0.3 is 15.0 Å². The summed E-state index contributed by atoms with van der Waals surface area (Å²) in [4.78, 5) is 26.8. The Labute approximate surface area is 122 Å². The molecule has 4 unspecified atom stereocenters. The molecular weight excluding hydrogens is 256 g/mol. The zero-order chi connectivity index (χ0) is 15.3. The Balaban J connectivity index is 3.03. The van der Waals surface area contributed by atoms with Crippen molar-refractivity contribution < 1.29 is 14.3 Å². The largest absolute Gasteiger partial charge is 0.383 e. The molecule has 0 aromatic heterocycles. The van der Waals surface area contributed by atoms with Crippen molar-refractivity contribution in [3.8, 4) is 0 Å². The van der Waals surface area contributed by atoms with Gasteiger partial charge in [0.25, 0.3) is 0 Å². The van der Waals surface area contributed by atoms with E-state index in [0.29, 0.717) is 13.0 Å². The van der Waals surface area contributed by atoms with Crippen molar-refractivity contribution in [1.29, 1.82) is 0 Å². The van der Waals surface area contributed by atoms with Crippen molar-refractivity contribution in [3.63, 3.8) is 0 Å². The van der Waals surface area contributed by atoms with Crippen molar-refractivity contribution in [2.24, 2.45) is 5.92 Å². The summed E-state index contributed by atoms with van der Waals surface area (Å²) >= 11 is 0. The SMILES string of the molecule is CCCC1NC(=O)C(C(C)CC)N(C(C)COC)C1=O. The van der Waals surface area contributed by atoms with Crippen molar-refractivity contribution in [1.82, 2.24) is 10.2 Å². The fourth-order valence-corrected chi connectivity index (χ4v) is 2.82. The number of nitrogens with zero attached hydrogens (tertiary/aromatic N) is 1. The Morgan fingerprint density at radius 2 is 1.95 bits per heavy atom. The molecule has 1 rings (SSSR count).